The highest BCUT2D eigenvalue weighted by atomic mass is 16.5. The van der Waals surface area contributed by atoms with Gasteiger partial charge in [0.25, 0.3) is 0 Å². The van der Waals surface area contributed by atoms with E-state index in [4.69, 9.17) is 9.47 Å². The van der Waals surface area contributed by atoms with E-state index in [-0.39, 0.29) is 6.10 Å². The molecule has 3 heterocycles. The molecule has 6 nitrogen and oxygen atoms in total. The van der Waals surface area contributed by atoms with Crippen molar-refractivity contribution in [1.82, 2.24) is 15.0 Å². The lowest BCUT2D eigenvalue weighted by Crippen LogP contribution is -2.17. The van der Waals surface area contributed by atoms with Gasteiger partial charge in [0.05, 0.1) is 6.10 Å². The fraction of sp³-hybridized carbons (Fsp3) is 0.318. The van der Waals surface area contributed by atoms with Gasteiger partial charge in [-0.1, -0.05) is 5.92 Å². The molecule has 0 aliphatic carbocycles. The Morgan fingerprint density at radius 1 is 1.14 bits per heavy atom. The minimum atomic E-state index is 0.103. The summed E-state index contributed by atoms with van der Waals surface area (Å²) in [4.78, 5) is 15.5. The number of hydrogen-bond donors (Lipinski definition) is 0. The molecule has 0 saturated carbocycles. The number of anilines is 1. The van der Waals surface area contributed by atoms with Gasteiger partial charge in [-0.05, 0) is 55.2 Å². The second kappa shape index (κ2) is 8.24. The van der Waals surface area contributed by atoms with Gasteiger partial charge in [0.2, 0.25) is 5.88 Å². The van der Waals surface area contributed by atoms with Crippen LogP contribution in [0.4, 0.5) is 5.69 Å². The van der Waals surface area contributed by atoms with Crippen LogP contribution in [0.15, 0.2) is 42.6 Å². The monoisotopic (exact) mass is 374 g/mol. The molecule has 142 valence electrons. The average Bonchev–Trinajstić information content (AvgIpc) is 3.24. The second-order valence-corrected chi connectivity index (χ2v) is 6.86. The van der Waals surface area contributed by atoms with E-state index in [1.54, 1.807) is 6.20 Å². The first-order chi connectivity index (χ1) is 13.7. The van der Waals surface area contributed by atoms with Gasteiger partial charge in [-0.3, -0.25) is 0 Å². The summed E-state index contributed by atoms with van der Waals surface area (Å²) in [7, 11) is 4.02. The van der Waals surface area contributed by atoms with Crippen molar-refractivity contribution in [2.75, 3.05) is 32.2 Å². The molecule has 2 aromatic heterocycles. The van der Waals surface area contributed by atoms with E-state index in [0.29, 0.717) is 29.3 Å². The summed E-state index contributed by atoms with van der Waals surface area (Å²) in [6.45, 7) is 1.24. The van der Waals surface area contributed by atoms with Crippen LogP contribution in [0.2, 0.25) is 0 Å². The molecule has 0 bridgehead atoms. The maximum absolute atomic E-state index is 5.93. The van der Waals surface area contributed by atoms with Crippen LogP contribution in [0.25, 0.3) is 11.2 Å². The third-order valence-electron chi connectivity index (χ3n) is 4.55. The number of nitrogens with zero attached hydrogens (tertiary/aromatic N) is 4. The lowest BCUT2D eigenvalue weighted by molar-refractivity contribution is 0.0662. The van der Waals surface area contributed by atoms with Gasteiger partial charge in [0, 0.05) is 38.1 Å². The third kappa shape index (κ3) is 4.21. The Kier molecular flexibility index (Phi) is 5.36. The summed E-state index contributed by atoms with van der Waals surface area (Å²) in [5, 5.41) is 0. The summed E-state index contributed by atoms with van der Waals surface area (Å²) < 4.78 is 11.6. The summed E-state index contributed by atoms with van der Waals surface area (Å²) in [6.07, 6.45) is 3.87. The molecule has 1 unspecified atom stereocenters. The Morgan fingerprint density at radius 3 is 2.75 bits per heavy atom. The van der Waals surface area contributed by atoms with Crippen molar-refractivity contribution < 1.29 is 9.47 Å². The van der Waals surface area contributed by atoms with Crippen molar-refractivity contribution in [3.05, 3.63) is 53.9 Å². The number of pyridine rings is 1. The van der Waals surface area contributed by atoms with E-state index in [1.807, 2.05) is 50.5 Å². The van der Waals surface area contributed by atoms with Gasteiger partial charge in [0.15, 0.2) is 11.3 Å². The van der Waals surface area contributed by atoms with Gasteiger partial charge in [0.1, 0.15) is 12.1 Å². The number of hydrogen-bond acceptors (Lipinski definition) is 6. The fourth-order valence-electron chi connectivity index (χ4n) is 2.98. The molecule has 6 heteroatoms. The lowest BCUT2D eigenvalue weighted by atomic mass is 10.2. The summed E-state index contributed by atoms with van der Waals surface area (Å²) in [6, 6.07) is 11.7. The fourth-order valence-corrected chi connectivity index (χ4v) is 2.98. The molecule has 1 aromatic carbocycles. The van der Waals surface area contributed by atoms with Crippen molar-refractivity contribution >= 4 is 16.9 Å². The van der Waals surface area contributed by atoms with Crippen molar-refractivity contribution in [2.45, 2.75) is 18.9 Å². The Morgan fingerprint density at radius 2 is 2.00 bits per heavy atom. The van der Waals surface area contributed by atoms with Gasteiger partial charge in [-0.25, -0.2) is 15.0 Å². The average molecular weight is 374 g/mol. The summed E-state index contributed by atoms with van der Waals surface area (Å²) >= 11 is 0. The maximum atomic E-state index is 5.93. The smallest absolute Gasteiger partial charge is 0.249 e. The lowest BCUT2D eigenvalue weighted by Gasteiger charge is -2.12. The molecule has 1 fully saturated rings. The SMILES string of the molecule is CN(C)c1ccc(C#Cc2nc3ncccc3nc2OCC2CCCO2)cc1. The Labute approximate surface area is 164 Å². The van der Waals surface area contributed by atoms with Gasteiger partial charge < -0.3 is 14.4 Å². The van der Waals surface area contributed by atoms with Crippen LogP contribution < -0.4 is 9.64 Å². The van der Waals surface area contributed by atoms with Crippen molar-refractivity contribution in [3.63, 3.8) is 0 Å². The first-order valence-electron chi connectivity index (χ1n) is 9.35. The van der Waals surface area contributed by atoms with Crippen LogP contribution >= 0.6 is 0 Å². The van der Waals surface area contributed by atoms with Gasteiger partial charge >= 0.3 is 0 Å². The normalized spacial score (nSPS) is 15.9. The van der Waals surface area contributed by atoms with Crippen molar-refractivity contribution in [2.24, 2.45) is 0 Å². The van der Waals surface area contributed by atoms with Crippen LogP contribution in [-0.4, -0.2) is 48.4 Å². The van der Waals surface area contributed by atoms with Crippen LogP contribution in [0.5, 0.6) is 5.88 Å². The minimum Gasteiger partial charge on any atom is -0.473 e. The van der Waals surface area contributed by atoms with Crippen LogP contribution in [0.1, 0.15) is 24.1 Å². The molecule has 1 aliphatic heterocycles. The standard InChI is InChI=1S/C22H22N4O2/c1-26(2)17-10-7-16(8-11-17)9-12-20-22(28-15-18-5-4-14-27-18)25-19-6-3-13-23-21(19)24-20/h3,6-8,10-11,13,18H,4-5,14-15H2,1-2H3. The molecule has 1 aliphatic rings. The zero-order chi connectivity index (χ0) is 19.3. The predicted octanol–water partition coefficient (Wildman–Crippen LogP) is 3.05. The molecular formula is C22H22N4O2. The van der Waals surface area contributed by atoms with Crippen molar-refractivity contribution in [1.29, 1.82) is 0 Å². The van der Waals surface area contributed by atoms with Crippen molar-refractivity contribution in [3.8, 4) is 17.7 Å². The quantitative estimate of drug-likeness (QED) is 0.654. The highest BCUT2D eigenvalue weighted by molar-refractivity contribution is 5.71. The van der Waals surface area contributed by atoms with Crippen LogP contribution in [-0.2, 0) is 4.74 Å². The molecule has 1 saturated heterocycles. The van der Waals surface area contributed by atoms with E-state index >= 15 is 0 Å². The predicted molar refractivity (Wildman–Crippen MR) is 109 cm³/mol. The summed E-state index contributed by atoms with van der Waals surface area (Å²) in [5.41, 5.74) is 3.75. The zero-order valence-electron chi connectivity index (χ0n) is 16.1. The third-order valence-corrected chi connectivity index (χ3v) is 4.55. The van der Waals surface area contributed by atoms with Crippen LogP contribution in [0.3, 0.4) is 0 Å². The van der Waals surface area contributed by atoms with E-state index < -0.39 is 0 Å². The largest absolute Gasteiger partial charge is 0.473 e. The number of aromatic nitrogens is 3. The number of rotatable bonds is 4. The highest BCUT2D eigenvalue weighted by Gasteiger charge is 2.18. The highest BCUT2D eigenvalue weighted by Crippen LogP contribution is 2.20. The molecular weight excluding hydrogens is 352 g/mol. The molecule has 1 atom stereocenters. The van der Waals surface area contributed by atoms with Gasteiger partial charge in [-0.15, -0.1) is 0 Å². The first kappa shape index (κ1) is 18.2. The molecule has 0 N–H and O–H groups in total. The van der Waals surface area contributed by atoms with Crippen LogP contribution in [0, 0.1) is 11.8 Å². The Balaban J connectivity index is 1.63. The van der Waals surface area contributed by atoms with E-state index in [0.717, 1.165) is 30.7 Å². The molecule has 4 rings (SSSR count). The first-order valence-corrected chi connectivity index (χ1v) is 9.35. The molecule has 28 heavy (non-hydrogen) atoms. The summed E-state index contributed by atoms with van der Waals surface area (Å²) in [5.74, 6) is 6.68. The topological polar surface area (TPSA) is 60.4 Å². The molecule has 0 spiro atoms. The van der Waals surface area contributed by atoms with Gasteiger partial charge in [-0.2, -0.15) is 0 Å². The molecule has 0 amide bonds. The molecule has 3 aromatic rings. The Hall–Kier alpha value is -3.17. The van der Waals surface area contributed by atoms with E-state index in [1.165, 1.54) is 0 Å². The zero-order valence-corrected chi connectivity index (χ0v) is 16.1. The number of ether oxygens (including phenoxy) is 2. The van der Waals surface area contributed by atoms with E-state index in [2.05, 4.69) is 31.7 Å². The number of benzene rings is 1. The minimum absolute atomic E-state index is 0.103. The molecule has 0 radical (unpaired) electrons. The van der Waals surface area contributed by atoms with E-state index in [9.17, 15) is 0 Å². The Bertz CT molecular complexity index is 1020. The maximum Gasteiger partial charge on any atom is 0.249 e. The second-order valence-electron chi connectivity index (χ2n) is 6.86. The number of fused-ring (bicyclic) bond motifs is 1.